The second kappa shape index (κ2) is 3.40. The van der Waals surface area contributed by atoms with Crippen LogP contribution in [0.2, 0.25) is 0 Å². The van der Waals surface area contributed by atoms with Crippen LogP contribution in [0.15, 0.2) is 4.99 Å². The van der Waals surface area contributed by atoms with Crippen LogP contribution in [0.5, 0.6) is 0 Å². The van der Waals surface area contributed by atoms with Crippen LogP contribution in [0.4, 0.5) is 13.2 Å². The van der Waals surface area contributed by atoms with Crippen molar-refractivity contribution in [3.05, 3.63) is 0 Å². The van der Waals surface area contributed by atoms with Crippen molar-refractivity contribution in [3.63, 3.8) is 0 Å². The number of hydrogen-bond donors (Lipinski definition) is 1. The molecule has 10 heavy (non-hydrogen) atoms. The fourth-order valence-corrected chi connectivity index (χ4v) is 0.327. The van der Waals surface area contributed by atoms with Crippen molar-refractivity contribution in [1.29, 1.82) is 0 Å². The number of nitrogens with one attached hydrogen (secondary N) is 1. The predicted octanol–water partition coefficient (Wildman–Crippen LogP) is 0.728. The molecule has 3 nitrogen and oxygen atoms in total. The van der Waals surface area contributed by atoms with Crippen molar-refractivity contribution in [2.24, 2.45) is 4.99 Å². The van der Waals surface area contributed by atoms with Crippen LogP contribution in [-0.2, 0) is 4.84 Å². The lowest BCUT2D eigenvalue weighted by Crippen LogP contribution is -2.29. The fourth-order valence-electron chi connectivity index (χ4n) is 0.327. The zero-order valence-corrected chi connectivity index (χ0v) is 5.49. The van der Waals surface area contributed by atoms with Crippen molar-refractivity contribution >= 4 is 5.90 Å². The summed E-state index contributed by atoms with van der Waals surface area (Å²) in [5, 5.41) is 0. The van der Waals surface area contributed by atoms with Gasteiger partial charge < -0.3 is 4.84 Å². The van der Waals surface area contributed by atoms with Crippen LogP contribution in [0.1, 0.15) is 0 Å². The Morgan fingerprint density at radius 3 is 2.10 bits per heavy atom. The Kier molecular flexibility index (Phi) is 3.14. The molecule has 0 spiro atoms. The van der Waals surface area contributed by atoms with Crippen molar-refractivity contribution in [1.82, 2.24) is 5.48 Å². The number of rotatable bonds is 1. The molecule has 0 bridgehead atoms. The third kappa shape index (κ3) is 2.67. The van der Waals surface area contributed by atoms with Gasteiger partial charge in [0.15, 0.2) is 0 Å². The summed E-state index contributed by atoms with van der Waals surface area (Å²) in [5.41, 5.74) is 1.87. The zero-order valence-electron chi connectivity index (χ0n) is 5.49. The van der Waals surface area contributed by atoms with Gasteiger partial charge in [-0.3, -0.25) is 0 Å². The highest BCUT2D eigenvalue weighted by molar-refractivity contribution is 5.81. The number of nitrogens with zero attached hydrogens (tertiary/aromatic N) is 1. The molecule has 0 aromatic heterocycles. The van der Waals surface area contributed by atoms with Gasteiger partial charge in [-0.15, -0.1) is 0 Å². The van der Waals surface area contributed by atoms with E-state index in [4.69, 9.17) is 0 Å². The van der Waals surface area contributed by atoms with E-state index in [0.29, 0.717) is 0 Å². The summed E-state index contributed by atoms with van der Waals surface area (Å²) >= 11 is 0. The molecule has 0 amide bonds. The van der Waals surface area contributed by atoms with Crippen LogP contribution in [0.3, 0.4) is 0 Å². The Morgan fingerprint density at radius 2 is 2.00 bits per heavy atom. The van der Waals surface area contributed by atoms with E-state index in [1.807, 2.05) is 5.48 Å². The maximum atomic E-state index is 11.6. The molecule has 60 valence electrons. The Morgan fingerprint density at radius 1 is 1.50 bits per heavy atom. The lowest BCUT2D eigenvalue weighted by molar-refractivity contribution is -0.0838. The van der Waals surface area contributed by atoms with Gasteiger partial charge in [-0.2, -0.15) is 18.7 Å². The first kappa shape index (κ1) is 9.22. The zero-order chi connectivity index (χ0) is 8.20. The van der Waals surface area contributed by atoms with Crippen LogP contribution in [0.25, 0.3) is 0 Å². The molecule has 6 heteroatoms. The van der Waals surface area contributed by atoms with Gasteiger partial charge in [0.05, 0.1) is 0 Å². The minimum Gasteiger partial charge on any atom is -0.384 e. The molecule has 1 N–H and O–H groups in total. The highest BCUT2D eigenvalue weighted by Crippen LogP contribution is 2.16. The van der Waals surface area contributed by atoms with Crippen molar-refractivity contribution in [2.45, 2.75) is 6.18 Å². The number of hydrogen-bond acceptors (Lipinski definition) is 3. The molecular formula is C4H7F3N2O. The van der Waals surface area contributed by atoms with Crippen molar-refractivity contribution in [2.75, 3.05) is 14.1 Å². The Labute approximate surface area is 55.8 Å². The second-order valence-electron chi connectivity index (χ2n) is 1.33. The molecule has 0 rings (SSSR count). The Hall–Kier alpha value is -0.780. The van der Waals surface area contributed by atoms with Crippen LogP contribution in [0, 0.1) is 0 Å². The van der Waals surface area contributed by atoms with Gasteiger partial charge in [0.2, 0.25) is 0 Å². The third-order valence-electron chi connectivity index (χ3n) is 0.644. The standard InChI is InChI=1S/C4H7F3N2O/c1-8-3(10-9-2)4(5,6)7/h9H,1-2H3/b8-3-. The number of aliphatic imine (C=N–C) groups is 1. The topological polar surface area (TPSA) is 33.6 Å². The van der Waals surface area contributed by atoms with Crippen LogP contribution >= 0.6 is 0 Å². The monoisotopic (exact) mass is 156 g/mol. The van der Waals surface area contributed by atoms with E-state index in [0.717, 1.165) is 7.05 Å². The summed E-state index contributed by atoms with van der Waals surface area (Å²) in [5.74, 6) is -1.28. The maximum absolute atomic E-state index is 11.6. The molecule has 0 aliphatic heterocycles. The molecule has 0 aliphatic carbocycles. The van der Waals surface area contributed by atoms with E-state index in [1.165, 1.54) is 7.05 Å². The summed E-state index contributed by atoms with van der Waals surface area (Å²) in [7, 11) is 2.22. The van der Waals surface area contributed by atoms with Gasteiger partial charge in [0.25, 0.3) is 0 Å². The fraction of sp³-hybridized carbons (Fsp3) is 0.750. The number of alkyl halides is 3. The van der Waals surface area contributed by atoms with Gasteiger partial charge in [-0.05, 0) is 0 Å². The average Bonchev–Trinajstić information content (AvgIpc) is 1.80. The molecule has 0 aliphatic rings. The van der Waals surface area contributed by atoms with E-state index in [1.54, 1.807) is 0 Å². The lowest BCUT2D eigenvalue weighted by atomic mass is 10.6. The first-order chi connectivity index (χ1) is 4.52. The summed E-state index contributed by atoms with van der Waals surface area (Å²) < 4.78 is 34.8. The predicted molar refractivity (Wildman–Crippen MR) is 29.6 cm³/mol. The largest absolute Gasteiger partial charge is 0.470 e. The minimum atomic E-state index is -4.52. The number of hydroxylamine groups is 1. The molecule has 0 saturated heterocycles. The highest BCUT2D eigenvalue weighted by Gasteiger charge is 2.38. The van der Waals surface area contributed by atoms with E-state index in [2.05, 4.69) is 9.83 Å². The molecule has 0 atom stereocenters. The van der Waals surface area contributed by atoms with E-state index >= 15 is 0 Å². The summed E-state index contributed by atoms with van der Waals surface area (Å²) in [6.07, 6.45) is -4.52. The van der Waals surface area contributed by atoms with Crippen molar-refractivity contribution < 1.29 is 18.0 Å². The molecule has 0 aromatic carbocycles. The van der Waals surface area contributed by atoms with Gasteiger partial charge in [0, 0.05) is 14.1 Å². The van der Waals surface area contributed by atoms with Crippen LogP contribution < -0.4 is 5.48 Å². The smallest absolute Gasteiger partial charge is 0.384 e. The van der Waals surface area contributed by atoms with Gasteiger partial charge in [-0.1, -0.05) is 0 Å². The molecule has 0 saturated carbocycles. The second-order valence-corrected chi connectivity index (χ2v) is 1.33. The Balaban J connectivity index is 4.10. The quantitative estimate of drug-likeness (QED) is 0.345. The normalized spacial score (nSPS) is 13.5. The molecule has 0 unspecified atom stereocenters. The third-order valence-corrected chi connectivity index (χ3v) is 0.644. The first-order valence-electron chi connectivity index (χ1n) is 2.40. The van der Waals surface area contributed by atoms with Crippen LogP contribution in [-0.4, -0.2) is 26.2 Å². The maximum Gasteiger partial charge on any atom is 0.470 e. The summed E-state index contributed by atoms with van der Waals surface area (Å²) in [6.45, 7) is 0. The summed E-state index contributed by atoms with van der Waals surface area (Å²) in [6, 6.07) is 0. The number of halogens is 3. The van der Waals surface area contributed by atoms with E-state index in [-0.39, 0.29) is 0 Å². The first-order valence-corrected chi connectivity index (χ1v) is 2.40. The average molecular weight is 156 g/mol. The molecular weight excluding hydrogens is 149 g/mol. The summed E-state index contributed by atoms with van der Waals surface area (Å²) in [4.78, 5) is 6.79. The highest BCUT2D eigenvalue weighted by atomic mass is 19.4. The van der Waals surface area contributed by atoms with Gasteiger partial charge in [-0.25, -0.2) is 4.99 Å². The Bertz CT molecular complexity index is 131. The van der Waals surface area contributed by atoms with E-state index in [9.17, 15) is 13.2 Å². The molecule has 0 heterocycles. The van der Waals surface area contributed by atoms with Gasteiger partial charge >= 0.3 is 12.1 Å². The molecule has 0 aromatic rings. The lowest BCUT2D eigenvalue weighted by Gasteiger charge is -2.08. The van der Waals surface area contributed by atoms with E-state index < -0.39 is 12.1 Å². The molecule has 0 fully saturated rings. The van der Waals surface area contributed by atoms with Gasteiger partial charge in [0.1, 0.15) is 0 Å². The SMILES string of the molecule is C/N=C(\ONC)C(F)(F)F. The molecule has 0 radical (unpaired) electrons. The van der Waals surface area contributed by atoms with Crippen molar-refractivity contribution in [3.8, 4) is 0 Å². The minimum absolute atomic E-state index is 1.00.